The van der Waals surface area contributed by atoms with Crippen molar-refractivity contribution in [2.75, 3.05) is 6.54 Å². The summed E-state index contributed by atoms with van der Waals surface area (Å²) in [5, 5.41) is 2.08. The van der Waals surface area contributed by atoms with Gasteiger partial charge in [-0.15, -0.1) is 17.9 Å². The molecule has 1 unspecified atom stereocenters. The molecular formula is C25H25NO2S. The van der Waals surface area contributed by atoms with E-state index in [0.29, 0.717) is 13.0 Å². The maximum Gasteiger partial charge on any atom is 0.411 e. The van der Waals surface area contributed by atoms with E-state index >= 15 is 0 Å². The van der Waals surface area contributed by atoms with Crippen LogP contribution in [-0.2, 0) is 10.3 Å². The minimum atomic E-state index is -0.626. The highest BCUT2D eigenvalue weighted by atomic mass is 32.1. The van der Waals surface area contributed by atoms with Crippen molar-refractivity contribution in [1.82, 2.24) is 4.90 Å². The van der Waals surface area contributed by atoms with Crippen molar-refractivity contribution in [1.29, 1.82) is 0 Å². The van der Waals surface area contributed by atoms with Crippen LogP contribution in [-0.4, -0.2) is 17.5 Å². The lowest BCUT2D eigenvalue weighted by atomic mass is 9.85. The largest absolute Gasteiger partial charge is 0.437 e. The van der Waals surface area contributed by atoms with Gasteiger partial charge in [-0.3, -0.25) is 0 Å². The lowest BCUT2D eigenvalue weighted by Gasteiger charge is -2.43. The number of thiophene rings is 1. The first-order valence-electron chi connectivity index (χ1n) is 9.93. The molecule has 1 aliphatic heterocycles. The zero-order valence-corrected chi connectivity index (χ0v) is 17.4. The quantitative estimate of drug-likeness (QED) is 0.424. The molecule has 3 nitrogen and oxygen atoms in total. The summed E-state index contributed by atoms with van der Waals surface area (Å²) < 4.78 is 6.06. The van der Waals surface area contributed by atoms with Crippen molar-refractivity contribution in [2.24, 2.45) is 0 Å². The van der Waals surface area contributed by atoms with E-state index < -0.39 is 5.60 Å². The highest BCUT2D eigenvalue weighted by molar-refractivity contribution is 7.13. The Hall–Kier alpha value is -2.85. The van der Waals surface area contributed by atoms with Gasteiger partial charge >= 0.3 is 6.09 Å². The van der Waals surface area contributed by atoms with Gasteiger partial charge in [0.05, 0.1) is 6.04 Å². The van der Waals surface area contributed by atoms with Crippen LogP contribution in [0.15, 0.2) is 84.8 Å². The van der Waals surface area contributed by atoms with Gasteiger partial charge in [0.2, 0.25) is 0 Å². The highest BCUT2D eigenvalue weighted by Crippen LogP contribution is 2.40. The number of ether oxygens (including phenoxy) is 1. The molecule has 0 N–H and O–H groups in total. The number of amides is 1. The maximum absolute atomic E-state index is 13.0. The zero-order valence-electron chi connectivity index (χ0n) is 16.6. The molecule has 1 aliphatic rings. The summed E-state index contributed by atoms with van der Waals surface area (Å²) in [6, 6.07) is 22.6. The fourth-order valence-corrected chi connectivity index (χ4v) is 4.74. The van der Waals surface area contributed by atoms with E-state index in [9.17, 15) is 4.79 Å². The third kappa shape index (κ3) is 3.85. The van der Waals surface area contributed by atoms with Crippen molar-refractivity contribution in [3.05, 3.63) is 95.9 Å². The molecule has 1 fully saturated rings. The van der Waals surface area contributed by atoms with Crippen molar-refractivity contribution in [3.8, 4) is 10.4 Å². The number of rotatable bonds is 6. The lowest BCUT2D eigenvalue weighted by molar-refractivity contribution is -0.0588. The number of benzene rings is 2. The molecule has 0 radical (unpaired) electrons. The monoisotopic (exact) mass is 403 g/mol. The predicted octanol–water partition coefficient (Wildman–Crippen LogP) is 6.79. The van der Waals surface area contributed by atoms with Crippen LogP contribution in [0.25, 0.3) is 10.4 Å². The number of hydrogen-bond donors (Lipinski definition) is 0. The fraction of sp³-hybridized carbons (Fsp3) is 0.240. The van der Waals surface area contributed by atoms with E-state index in [1.54, 1.807) is 11.3 Å². The Kier molecular flexibility index (Phi) is 5.54. The van der Waals surface area contributed by atoms with E-state index in [1.165, 1.54) is 10.4 Å². The SMILES string of the molecule is C=CCC1(c2ccccc2)CCN([C@@H](C)c2ccc(-c3cccs3)cc2)C(=O)O1. The Labute approximate surface area is 176 Å². The highest BCUT2D eigenvalue weighted by Gasteiger charge is 2.42. The second kappa shape index (κ2) is 8.26. The van der Waals surface area contributed by atoms with Crippen LogP contribution >= 0.6 is 11.3 Å². The summed E-state index contributed by atoms with van der Waals surface area (Å²) in [4.78, 5) is 16.1. The smallest absolute Gasteiger partial charge is 0.411 e. The molecule has 1 amide bonds. The Balaban J connectivity index is 1.52. The minimum absolute atomic E-state index is 0.0441. The van der Waals surface area contributed by atoms with Crippen LogP contribution in [0.5, 0.6) is 0 Å². The third-order valence-electron chi connectivity index (χ3n) is 5.71. The van der Waals surface area contributed by atoms with Gasteiger partial charge < -0.3 is 9.64 Å². The molecule has 4 heteroatoms. The van der Waals surface area contributed by atoms with Crippen LogP contribution in [0.1, 0.15) is 36.9 Å². The molecule has 0 spiro atoms. The molecule has 3 aromatic rings. The summed E-state index contributed by atoms with van der Waals surface area (Å²) in [6.07, 6.45) is 2.92. The lowest BCUT2D eigenvalue weighted by Crippen LogP contribution is -2.48. The number of cyclic esters (lactones) is 1. The van der Waals surface area contributed by atoms with Gasteiger partial charge in [-0.1, -0.05) is 66.7 Å². The maximum atomic E-state index is 13.0. The summed E-state index contributed by atoms with van der Waals surface area (Å²) in [7, 11) is 0. The first-order chi connectivity index (χ1) is 14.1. The van der Waals surface area contributed by atoms with E-state index in [-0.39, 0.29) is 12.1 Å². The molecule has 0 aliphatic carbocycles. The molecule has 1 aromatic heterocycles. The van der Waals surface area contributed by atoms with Crippen LogP contribution in [0.3, 0.4) is 0 Å². The fourth-order valence-electron chi connectivity index (χ4n) is 4.01. The van der Waals surface area contributed by atoms with Crippen molar-refractivity contribution in [2.45, 2.75) is 31.4 Å². The van der Waals surface area contributed by atoms with Gasteiger partial charge in [0, 0.05) is 24.3 Å². The van der Waals surface area contributed by atoms with Crippen molar-refractivity contribution in [3.63, 3.8) is 0 Å². The van der Waals surface area contributed by atoms with Crippen LogP contribution in [0.2, 0.25) is 0 Å². The first-order valence-corrected chi connectivity index (χ1v) is 10.8. The zero-order chi connectivity index (χ0) is 20.3. The molecule has 0 saturated carbocycles. The van der Waals surface area contributed by atoms with Gasteiger partial charge in [0.25, 0.3) is 0 Å². The molecule has 1 saturated heterocycles. The topological polar surface area (TPSA) is 29.5 Å². The third-order valence-corrected chi connectivity index (χ3v) is 6.63. The molecule has 29 heavy (non-hydrogen) atoms. The predicted molar refractivity (Wildman–Crippen MR) is 119 cm³/mol. The van der Waals surface area contributed by atoms with E-state index in [0.717, 1.165) is 17.5 Å². The van der Waals surface area contributed by atoms with Crippen molar-refractivity contribution < 1.29 is 9.53 Å². The summed E-state index contributed by atoms with van der Waals surface area (Å²) >= 11 is 1.73. The van der Waals surface area contributed by atoms with Gasteiger partial charge in [-0.25, -0.2) is 4.79 Å². The Bertz CT molecular complexity index is 966. The molecule has 4 rings (SSSR count). The molecule has 148 valence electrons. The molecule has 0 bridgehead atoms. The van der Waals surface area contributed by atoms with Crippen molar-refractivity contribution >= 4 is 17.4 Å². The second-order valence-corrected chi connectivity index (χ2v) is 8.39. The van der Waals surface area contributed by atoms with Gasteiger partial charge in [0.15, 0.2) is 0 Å². The average molecular weight is 404 g/mol. The van der Waals surface area contributed by atoms with Gasteiger partial charge in [-0.05, 0) is 35.1 Å². The standard InChI is InChI=1S/C25H25NO2S/c1-3-15-25(22-8-5-4-6-9-22)16-17-26(24(27)28-25)19(2)20-11-13-21(14-12-20)23-10-7-18-29-23/h3-14,18-19H,1,15-17H2,2H3/t19-,25?/m0/s1. The average Bonchev–Trinajstić information content (AvgIpc) is 3.29. The Morgan fingerprint density at radius 2 is 1.90 bits per heavy atom. The first kappa shape index (κ1) is 19.5. The normalized spacial score (nSPS) is 20.2. The summed E-state index contributed by atoms with van der Waals surface area (Å²) in [5.41, 5.74) is 2.71. The summed E-state index contributed by atoms with van der Waals surface area (Å²) in [6.45, 7) is 6.59. The van der Waals surface area contributed by atoms with E-state index in [2.05, 4.69) is 55.3 Å². The second-order valence-electron chi connectivity index (χ2n) is 7.44. The van der Waals surface area contributed by atoms with Crippen LogP contribution in [0, 0.1) is 0 Å². The molecular weight excluding hydrogens is 378 g/mol. The molecule has 2 atom stereocenters. The number of carbonyl (C=O) groups excluding carboxylic acids is 1. The molecule has 2 heterocycles. The van der Waals surface area contributed by atoms with Crippen LogP contribution in [0.4, 0.5) is 4.79 Å². The number of carbonyl (C=O) groups is 1. The summed E-state index contributed by atoms with van der Waals surface area (Å²) in [5.74, 6) is 0. The number of hydrogen-bond acceptors (Lipinski definition) is 3. The van der Waals surface area contributed by atoms with Gasteiger partial charge in [-0.2, -0.15) is 0 Å². The molecule has 2 aromatic carbocycles. The van der Waals surface area contributed by atoms with E-state index in [4.69, 9.17) is 4.74 Å². The van der Waals surface area contributed by atoms with Gasteiger partial charge in [0.1, 0.15) is 5.60 Å². The Morgan fingerprint density at radius 1 is 1.14 bits per heavy atom. The minimum Gasteiger partial charge on any atom is -0.437 e. The van der Waals surface area contributed by atoms with E-state index in [1.807, 2.05) is 41.3 Å². The van der Waals surface area contributed by atoms with Crippen LogP contribution < -0.4 is 0 Å². The Morgan fingerprint density at radius 3 is 2.52 bits per heavy atom. The number of nitrogens with zero attached hydrogens (tertiary/aromatic N) is 1.